The van der Waals surface area contributed by atoms with E-state index in [9.17, 15) is 4.79 Å². The molecule has 0 amide bonds. The fraction of sp³-hybridized carbons (Fsp3) is 0.286. The number of ether oxygens (including phenoxy) is 1. The monoisotopic (exact) mass is 279 g/mol. The number of nitrogens with zero attached hydrogens (tertiary/aromatic N) is 1. The maximum Gasteiger partial charge on any atom is 0.305 e. The number of carbonyl (C=O) groups excluding carboxylic acids is 1. The van der Waals surface area contributed by atoms with Crippen molar-refractivity contribution in [2.45, 2.75) is 19.8 Å². The quantitative estimate of drug-likeness (QED) is 0.805. The normalized spacial score (nSPS) is 10.5. The van der Waals surface area contributed by atoms with Crippen molar-refractivity contribution >= 4 is 17.6 Å². The number of aryl methyl sites for hydroxylation is 2. The van der Waals surface area contributed by atoms with Crippen LogP contribution in [0.25, 0.3) is 11.3 Å². The Morgan fingerprint density at radius 3 is 2.95 bits per heavy atom. The number of methoxy groups -OCH3 is 1. The van der Waals surface area contributed by atoms with E-state index in [1.54, 1.807) is 6.20 Å². The van der Waals surface area contributed by atoms with Crippen LogP contribution in [0.2, 0.25) is 5.02 Å². The molecule has 1 heterocycles. The Morgan fingerprint density at radius 1 is 1.47 bits per heavy atom. The topological polar surface area (TPSA) is 52.3 Å². The van der Waals surface area contributed by atoms with E-state index in [4.69, 9.17) is 16.1 Å². The van der Waals surface area contributed by atoms with Crippen LogP contribution in [0.4, 0.5) is 0 Å². The van der Waals surface area contributed by atoms with Crippen LogP contribution in [0, 0.1) is 6.92 Å². The molecule has 0 spiro atoms. The zero-order chi connectivity index (χ0) is 13.8. The Labute approximate surface area is 116 Å². The Kier molecular flexibility index (Phi) is 4.22. The number of benzene rings is 1. The zero-order valence-electron chi connectivity index (χ0n) is 10.8. The molecule has 5 heteroatoms. The molecule has 0 saturated heterocycles. The molecule has 2 rings (SSSR count). The Bertz CT molecular complexity index is 592. The van der Waals surface area contributed by atoms with E-state index in [1.807, 2.05) is 25.1 Å². The first-order valence-corrected chi connectivity index (χ1v) is 6.26. The summed E-state index contributed by atoms with van der Waals surface area (Å²) in [6.45, 7) is 1.93. The third kappa shape index (κ3) is 3.15. The van der Waals surface area contributed by atoms with Crippen LogP contribution >= 0.6 is 11.6 Å². The van der Waals surface area contributed by atoms with Gasteiger partial charge in [0.1, 0.15) is 0 Å². The maximum atomic E-state index is 11.2. The number of halogens is 1. The molecule has 0 aliphatic carbocycles. The van der Waals surface area contributed by atoms with Gasteiger partial charge >= 0.3 is 5.97 Å². The highest BCUT2D eigenvalue weighted by molar-refractivity contribution is 6.31. The highest BCUT2D eigenvalue weighted by atomic mass is 35.5. The Hall–Kier alpha value is -1.81. The predicted molar refractivity (Wildman–Crippen MR) is 72.0 cm³/mol. The Balaban J connectivity index is 2.23. The van der Waals surface area contributed by atoms with Gasteiger partial charge in [-0.05, 0) is 37.1 Å². The largest absolute Gasteiger partial charge is 0.469 e. The molecule has 0 aliphatic rings. The highest BCUT2D eigenvalue weighted by Crippen LogP contribution is 2.28. The van der Waals surface area contributed by atoms with Crippen molar-refractivity contribution in [3.05, 3.63) is 40.5 Å². The molecule has 1 aromatic carbocycles. The van der Waals surface area contributed by atoms with Gasteiger partial charge in [-0.15, -0.1) is 0 Å². The summed E-state index contributed by atoms with van der Waals surface area (Å²) in [5, 5.41) is 4.50. The van der Waals surface area contributed by atoms with E-state index in [1.165, 1.54) is 7.11 Å². The van der Waals surface area contributed by atoms with Crippen LogP contribution in [-0.2, 0) is 16.0 Å². The second kappa shape index (κ2) is 5.89. The molecular formula is C14H14ClNO3. The van der Waals surface area contributed by atoms with Gasteiger partial charge in [0, 0.05) is 22.6 Å². The summed E-state index contributed by atoms with van der Waals surface area (Å²) >= 11 is 6.00. The van der Waals surface area contributed by atoms with Crippen LogP contribution in [0.5, 0.6) is 0 Å². The van der Waals surface area contributed by atoms with Gasteiger partial charge in [-0.1, -0.05) is 16.8 Å². The van der Waals surface area contributed by atoms with Gasteiger partial charge in [-0.2, -0.15) is 0 Å². The molecule has 0 N–H and O–H groups in total. The summed E-state index contributed by atoms with van der Waals surface area (Å²) in [7, 11) is 1.37. The van der Waals surface area contributed by atoms with Crippen molar-refractivity contribution in [2.24, 2.45) is 0 Å². The van der Waals surface area contributed by atoms with Crippen molar-refractivity contribution in [2.75, 3.05) is 7.11 Å². The predicted octanol–water partition coefficient (Wildman–Crippen LogP) is 3.41. The molecule has 0 fully saturated rings. The lowest BCUT2D eigenvalue weighted by atomic mass is 10.0. The van der Waals surface area contributed by atoms with E-state index < -0.39 is 0 Å². The summed E-state index contributed by atoms with van der Waals surface area (Å²) in [5.74, 6) is 0.420. The standard InChI is InChI=1S/C14H14ClNO3/c1-9-7-10(3-5-12(9)15)14-11(8-16-19-14)4-6-13(17)18-2/h3,5,7-8H,4,6H2,1-2H3. The maximum absolute atomic E-state index is 11.2. The average molecular weight is 280 g/mol. The first kappa shape index (κ1) is 13.6. The Morgan fingerprint density at radius 2 is 2.26 bits per heavy atom. The van der Waals surface area contributed by atoms with Crippen LogP contribution in [0.15, 0.2) is 28.9 Å². The molecule has 0 bridgehead atoms. The van der Waals surface area contributed by atoms with Gasteiger partial charge < -0.3 is 9.26 Å². The lowest BCUT2D eigenvalue weighted by molar-refractivity contribution is -0.140. The van der Waals surface area contributed by atoms with E-state index in [-0.39, 0.29) is 5.97 Å². The first-order chi connectivity index (χ1) is 9.11. The molecule has 0 saturated carbocycles. The lowest BCUT2D eigenvalue weighted by Gasteiger charge is -2.03. The van der Waals surface area contributed by atoms with Crippen LogP contribution < -0.4 is 0 Å². The van der Waals surface area contributed by atoms with Crippen LogP contribution in [0.1, 0.15) is 17.5 Å². The van der Waals surface area contributed by atoms with Crippen molar-refractivity contribution in [1.29, 1.82) is 0 Å². The van der Waals surface area contributed by atoms with E-state index in [2.05, 4.69) is 9.89 Å². The second-order valence-electron chi connectivity index (χ2n) is 4.22. The van der Waals surface area contributed by atoms with Crippen molar-refractivity contribution in [3.63, 3.8) is 0 Å². The molecule has 0 radical (unpaired) electrons. The summed E-state index contributed by atoms with van der Waals surface area (Å²) in [4.78, 5) is 11.2. The fourth-order valence-electron chi connectivity index (χ4n) is 1.80. The summed E-state index contributed by atoms with van der Waals surface area (Å²) < 4.78 is 9.89. The third-order valence-corrected chi connectivity index (χ3v) is 3.31. The molecule has 4 nitrogen and oxygen atoms in total. The second-order valence-corrected chi connectivity index (χ2v) is 4.63. The van der Waals surface area contributed by atoms with Gasteiger partial charge in [-0.25, -0.2) is 0 Å². The highest BCUT2D eigenvalue weighted by Gasteiger charge is 2.13. The minimum absolute atomic E-state index is 0.251. The minimum Gasteiger partial charge on any atom is -0.469 e. The minimum atomic E-state index is -0.251. The average Bonchev–Trinajstić information content (AvgIpc) is 2.87. The zero-order valence-corrected chi connectivity index (χ0v) is 11.5. The van der Waals surface area contributed by atoms with Crippen LogP contribution in [-0.4, -0.2) is 18.2 Å². The van der Waals surface area contributed by atoms with E-state index in [0.29, 0.717) is 23.6 Å². The molecule has 100 valence electrons. The van der Waals surface area contributed by atoms with E-state index in [0.717, 1.165) is 16.7 Å². The number of rotatable bonds is 4. The van der Waals surface area contributed by atoms with Gasteiger partial charge in [0.05, 0.1) is 13.3 Å². The van der Waals surface area contributed by atoms with Crippen molar-refractivity contribution in [3.8, 4) is 11.3 Å². The number of esters is 1. The number of aromatic nitrogens is 1. The SMILES string of the molecule is COC(=O)CCc1cnoc1-c1ccc(Cl)c(C)c1. The number of hydrogen-bond acceptors (Lipinski definition) is 4. The van der Waals surface area contributed by atoms with Crippen molar-refractivity contribution < 1.29 is 14.1 Å². The lowest BCUT2D eigenvalue weighted by Crippen LogP contribution is -2.01. The summed E-state index contributed by atoms with van der Waals surface area (Å²) in [5.41, 5.74) is 2.75. The molecule has 2 aromatic rings. The molecule has 1 aromatic heterocycles. The first-order valence-electron chi connectivity index (χ1n) is 5.88. The summed E-state index contributed by atoms with van der Waals surface area (Å²) in [6.07, 6.45) is 2.46. The molecule has 19 heavy (non-hydrogen) atoms. The van der Waals surface area contributed by atoms with Gasteiger partial charge in [0.2, 0.25) is 0 Å². The van der Waals surface area contributed by atoms with Crippen LogP contribution in [0.3, 0.4) is 0 Å². The van der Waals surface area contributed by atoms with Gasteiger partial charge in [-0.3, -0.25) is 4.79 Å². The summed E-state index contributed by atoms with van der Waals surface area (Å²) in [6, 6.07) is 5.63. The van der Waals surface area contributed by atoms with Gasteiger partial charge in [0.15, 0.2) is 5.76 Å². The number of carbonyl (C=O) groups is 1. The number of hydrogen-bond donors (Lipinski definition) is 0. The fourth-order valence-corrected chi connectivity index (χ4v) is 1.92. The van der Waals surface area contributed by atoms with Gasteiger partial charge in [0.25, 0.3) is 0 Å². The molecular weight excluding hydrogens is 266 g/mol. The molecule has 0 aliphatic heterocycles. The molecule has 0 atom stereocenters. The smallest absolute Gasteiger partial charge is 0.305 e. The third-order valence-electron chi connectivity index (χ3n) is 2.89. The molecule has 0 unspecified atom stereocenters. The van der Waals surface area contributed by atoms with Crippen molar-refractivity contribution in [1.82, 2.24) is 5.16 Å². The van der Waals surface area contributed by atoms with E-state index >= 15 is 0 Å².